The van der Waals surface area contributed by atoms with Gasteiger partial charge in [0.15, 0.2) is 5.78 Å². The first-order chi connectivity index (χ1) is 5.63. The van der Waals surface area contributed by atoms with Crippen LogP contribution in [0, 0.1) is 0 Å². The quantitative estimate of drug-likeness (QED) is 0.684. The number of carbonyl (C=O) groups is 1. The largest absolute Gasteiger partial charge is 0.297 e. The molecule has 0 aliphatic carbocycles. The van der Waals surface area contributed by atoms with Crippen LogP contribution < -0.4 is 0 Å². The highest BCUT2D eigenvalue weighted by atomic mass is 79.9. The van der Waals surface area contributed by atoms with Gasteiger partial charge in [-0.2, -0.15) is 0 Å². The van der Waals surface area contributed by atoms with Crippen molar-refractivity contribution in [1.29, 1.82) is 0 Å². The molecule has 1 nitrogen and oxygen atoms in total. The van der Waals surface area contributed by atoms with Crippen LogP contribution in [0.25, 0.3) is 0 Å². The summed E-state index contributed by atoms with van der Waals surface area (Å²) < 4.78 is 0. The molecule has 3 heteroatoms. The molecular weight excluding hydrogens is 284 g/mol. The molecule has 0 heterocycles. The SMILES string of the molecule is CCCC(Br)C(=O)C(Br)CCC. The Morgan fingerprint density at radius 2 is 1.42 bits per heavy atom. The second-order valence-corrected chi connectivity index (χ2v) is 5.13. The Balaban J connectivity index is 3.82. The Kier molecular flexibility index (Phi) is 7.45. The Bertz CT molecular complexity index is 122. The molecule has 0 amide bonds. The number of Topliss-reactive ketones (excluding diaryl/α,β-unsaturated/α-hetero) is 1. The van der Waals surface area contributed by atoms with Crippen LogP contribution in [0.15, 0.2) is 0 Å². The lowest BCUT2D eigenvalue weighted by Gasteiger charge is -2.11. The number of rotatable bonds is 6. The van der Waals surface area contributed by atoms with E-state index < -0.39 is 0 Å². The molecule has 0 aliphatic rings. The zero-order valence-corrected chi connectivity index (χ0v) is 10.8. The summed E-state index contributed by atoms with van der Waals surface area (Å²) in [5.41, 5.74) is 0. The maximum absolute atomic E-state index is 11.5. The maximum Gasteiger partial charge on any atom is 0.160 e. The summed E-state index contributed by atoms with van der Waals surface area (Å²) in [4.78, 5) is 11.6. The van der Waals surface area contributed by atoms with Crippen LogP contribution in [0.2, 0.25) is 0 Å². The minimum Gasteiger partial charge on any atom is -0.297 e. The van der Waals surface area contributed by atoms with Gasteiger partial charge in [0.25, 0.3) is 0 Å². The molecule has 12 heavy (non-hydrogen) atoms. The highest BCUT2D eigenvalue weighted by molar-refractivity contribution is 9.10. The van der Waals surface area contributed by atoms with Gasteiger partial charge in [0.2, 0.25) is 0 Å². The molecule has 0 saturated heterocycles. The molecule has 0 aliphatic heterocycles. The summed E-state index contributed by atoms with van der Waals surface area (Å²) >= 11 is 6.79. The second-order valence-electron chi connectivity index (χ2n) is 2.91. The number of hydrogen-bond donors (Lipinski definition) is 0. The van der Waals surface area contributed by atoms with E-state index in [0.717, 1.165) is 25.7 Å². The lowest BCUT2D eigenvalue weighted by molar-refractivity contribution is -0.118. The third-order valence-corrected chi connectivity index (χ3v) is 3.52. The molecule has 72 valence electrons. The highest BCUT2D eigenvalue weighted by Gasteiger charge is 2.20. The standard InChI is InChI=1S/C9H16Br2O/c1-3-5-7(10)9(12)8(11)6-4-2/h7-8H,3-6H2,1-2H3. The Morgan fingerprint density at radius 3 is 1.67 bits per heavy atom. The van der Waals surface area contributed by atoms with Crippen molar-refractivity contribution >= 4 is 37.6 Å². The lowest BCUT2D eigenvalue weighted by atomic mass is 10.1. The molecule has 2 unspecified atom stereocenters. The van der Waals surface area contributed by atoms with E-state index in [9.17, 15) is 4.79 Å². The number of hydrogen-bond acceptors (Lipinski definition) is 1. The fourth-order valence-electron chi connectivity index (χ4n) is 0.988. The Morgan fingerprint density at radius 1 is 1.08 bits per heavy atom. The van der Waals surface area contributed by atoms with E-state index in [1.54, 1.807) is 0 Å². The van der Waals surface area contributed by atoms with Crippen molar-refractivity contribution in [3.8, 4) is 0 Å². The predicted octanol–water partition coefficient (Wildman–Crippen LogP) is 3.68. The van der Waals surface area contributed by atoms with Crippen molar-refractivity contribution in [2.24, 2.45) is 0 Å². The summed E-state index contributed by atoms with van der Waals surface area (Å²) in [7, 11) is 0. The van der Waals surface area contributed by atoms with E-state index in [0.29, 0.717) is 5.78 Å². The van der Waals surface area contributed by atoms with Crippen molar-refractivity contribution in [1.82, 2.24) is 0 Å². The summed E-state index contributed by atoms with van der Waals surface area (Å²) in [6.45, 7) is 4.18. The van der Waals surface area contributed by atoms with Gasteiger partial charge < -0.3 is 0 Å². The maximum atomic E-state index is 11.5. The smallest absolute Gasteiger partial charge is 0.160 e. The Hall–Kier alpha value is 0.630. The molecule has 0 fully saturated rings. The third kappa shape index (κ3) is 4.61. The zero-order chi connectivity index (χ0) is 9.56. The predicted molar refractivity (Wildman–Crippen MR) is 60.3 cm³/mol. The van der Waals surface area contributed by atoms with Gasteiger partial charge in [-0.3, -0.25) is 4.79 Å². The molecule has 0 aromatic heterocycles. The number of alkyl halides is 2. The molecule has 0 radical (unpaired) electrons. The van der Waals surface area contributed by atoms with Crippen molar-refractivity contribution in [2.45, 2.75) is 49.2 Å². The molecule has 0 bridgehead atoms. The van der Waals surface area contributed by atoms with Crippen LogP contribution in [0.5, 0.6) is 0 Å². The fourth-order valence-corrected chi connectivity index (χ4v) is 2.90. The fraction of sp³-hybridized carbons (Fsp3) is 0.889. The van der Waals surface area contributed by atoms with Crippen molar-refractivity contribution in [2.75, 3.05) is 0 Å². The summed E-state index contributed by atoms with van der Waals surface area (Å²) in [5, 5.41) is 0. The van der Waals surface area contributed by atoms with Gasteiger partial charge in [-0.25, -0.2) is 0 Å². The molecule has 0 rings (SSSR count). The van der Waals surface area contributed by atoms with Crippen LogP contribution in [0.1, 0.15) is 39.5 Å². The van der Waals surface area contributed by atoms with Crippen LogP contribution in [0.4, 0.5) is 0 Å². The highest BCUT2D eigenvalue weighted by Crippen LogP contribution is 2.18. The Labute approximate surface area is 91.6 Å². The lowest BCUT2D eigenvalue weighted by Crippen LogP contribution is -2.23. The minimum atomic E-state index is 0.0402. The van der Waals surface area contributed by atoms with Gasteiger partial charge in [-0.1, -0.05) is 58.5 Å². The topological polar surface area (TPSA) is 17.1 Å². The molecule has 2 atom stereocenters. The van der Waals surface area contributed by atoms with Crippen LogP contribution in [-0.4, -0.2) is 15.4 Å². The van der Waals surface area contributed by atoms with Gasteiger partial charge in [0.1, 0.15) is 0 Å². The average molecular weight is 300 g/mol. The van der Waals surface area contributed by atoms with Crippen molar-refractivity contribution < 1.29 is 4.79 Å². The summed E-state index contributed by atoms with van der Waals surface area (Å²) in [6, 6.07) is 0. The summed E-state index contributed by atoms with van der Waals surface area (Å²) in [5.74, 6) is 0.290. The van der Waals surface area contributed by atoms with E-state index in [2.05, 4.69) is 45.7 Å². The van der Waals surface area contributed by atoms with E-state index in [1.807, 2.05) is 0 Å². The first kappa shape index (κ1) is 12.6. The van der Waals surface area contributed by atoms with Crippen molar-refractivity contribution in [3.05, 3.63) is 0 Å². The second kappa shape index (κ2) is 7.07. The van der Waals surface area contributed by atoms with Gasteiger partial charge in [0.05, 0.1) is 9.65 Å². The molecule has 0 N–H and O–H groups in total. The van der Waals surface area contributed by atoms with E-state index in [4.69, 9.17) is 0 Å². The van der Waals surface area contributed by atoms with Gasteiger partial charge >= 0.3 is 0 Å². The first-order valence-electron chi connectivity index (χ1n) is 4.45. The zero-order valence-electron chi connectivity index (χ0n) is 7.65. The molecule has 0 aromatic rings. The first-order valence-corrected chi connectivity index (χ1v) is 6.28. The summed E-state index contributed by atoms with van der Waals surface area (Å²) in [6.07, 6.45) is 3.97. The monoisotopic (exact) mass is 298 g/mol. The number of ketones is 1. The van der Waals surface area contributed by atoms with Crippen LogP contribution >= 0.6 is 31.9 Å². The average Bonchev–Trinajstić information content (AvgIpc) is 2.04. The van der Waals surface area contributed by atoms with Gasteiger partial charge in [-0.15, -0.1) is 0 Å². The minimum absolute atomic E-state index is 0.0402. The van der Waals surface area contributed by atoms with E-state index in [-0.39, 0.29) is 9.65 Å². The normalized spacial score (nSPS) is 15.7. The van der Waals surface area contributed by atoms with Gasteiger partial charge in [-0.05, 0) is 12.8 Å². The third-order valence-electron chi connectivity index (χ3n) is 1.70. The van der Waals surface area contributed by atoms with Crippen LogP contribution in [0.3, 0.4) is 0 Å². The molecule has 0 spiro atoms. The number of carbonyl (C=O) groups excluding carboxylic acids is 1. The van der Waals surface area contributed by atoms with Crippen LogP contribution in [-0.2, 0) is 4.79 Å². The van der Waals surface area contributed by atoms with E-state index >= 15 is 0 Å². The molecule has 0 saturated carbocycles. The van der Waals surface area contributed by atoms with Crippen molar-refractivity contribution in [3.63, 3.8) is 0 Å². The molecular formula is C9H16Br2O. The molecule has 0 aromatic carbocycles. The van der Waals surface area contributed by atoms with Gasteiger partial charge in [0, 0.05) is 0 Å². The number of halogens is 2. The van der Waals surface area contributed by atoms with E-state index in [1.165, 1.54) is 0 Å².